The summed E-state index contributed by atoms with van der Waals surface area (Å²) in [6.45, 7) is 8.08. The zero-order valence-electron chi connectivity index (χ0n) is 13.5. The Morgan fingerprint density at radius 3 is 2.11 bits per heavy atom. The number of hydrogen-bond acceptors (Lipinski definition) is 2. The largest absolute Gasteiger partial charge is 0.329 e. The highest BCUT2D eigenvalue weighted by Gasteiger charge is 2.43. The number of rotatable bonds is 5. The lowest BCUT2D eigenvalue weighted by molar-refractivity contribution is -0.0134. The topological polar surface area (TPSA) is 29.3 Å². The molecule has 2 saturated carbocycles. The maximum Gasteiger partial charge on any atom is 0.0331 e. The average molecular weight is 266 g/mol. The van der Waals surface area contributed by atoms with Crippen LogP contribution in [-0.4, -0.2) is 30.1 Å². The third kappa shape index (κ3) is 2.85. The van der Waals surface area contributed by atoms with Crippen molar-refractivity contribution < 1.29 is 0 Å². The zero-order chi connectivity index (χ0) is 14.1. The van der Waals surface area contributed by atoms with Crippen molar-refractivity contribution >= 4 is 0 Å². The molecule has 0 atom stereocenters. The third-order valence-corrected chi connectivity index (χ3v) is 6.68. The van der Waals surface area contributed by atoms with E-state index in [0.29, 0.717) is 11.0 Å². The van der Waals surface area contributed by atoms with Gasteiger partial charge in [-0.1, -0.05) is 33.6 Å². The van der Waals surface area contributed by atoms with E-state index in [0.717, 1.165) is 18.5 Å². The molecule has 2 fully saturated rings. The number of nitrogens with two attached hydrogens (primary N) is 1. The maximum atomic E-state index is 6.20. The Morgan fingerprint density at radius 1 is 1.16 bits per heavy atom. The van der Waals surface area contributed by atoms with Gasteiger partial charge in [0.1, 0.15) is 0 Å². The van der Waals surface area contributed by atoms with Crippen molar-refractivity contribution in [3.63, 3.8) is 0 Å². The van der Waals surface area contributed by atoms with Crippen LogP contribution < -0.4 is 5.73 Å². The summed E-state index contributed by atoms with van der Waals surface area (Å²) in [5, 5.41) is 0. The fraction of sp³-hybridized carbons (Fsp3) is 1.00. The van der Waals surface area contributed by atoms with Crippen LogP contribution >= 0.6 is 0 Å². The molecule has 0 aliphatic heterocycles. The van der Waals surface area contributed by atoms with Crippen molar-refractivity contribution in [2.24, 2.45) is 17.1 Å². The van der Waals surface area contributed by atoms with E-state index < -0.39 is 0 Å². The lowest BCUT2D eigenvalue weighted by Crippen LogP contribution is -2.59. The van der Waals surface area contributed by atoms with Gasteiger partial charge in [0, 0.05) is 18.1 Å². The molecule has 0 aromatic carbocycles. The van der Waals surface area contributed by atoms with Crippen molar-refractivity contribution in [1.29, 1.82) is 0 Å². The predicted octanol–water partition coefficient (Wildman–Crippen LogP) is 3.79. The van der Waals surface area contributed by atoms with Crippen LogP contribution in [0.3, 0.4) is 0 Å². The summed E-state index contributed by atoms with van der Waals surface area (Å²) in [6.07, 6.45) is 10.9. The van der Waals surface area contributed by atoms with Crippen LogP contribution in [0.1, 0.15) is 72.1 Å². The van der Waals surface area contributed by atoms with E-state index in [9.17, 15) is 0 Å². The highest BCUT2D eigenvalue weighted by Crippen LogP contribution is 2.46. The monoisotopic (exact) mass is 266 g/mol. The van der Waals surface area contributed by atoms with Gasteiger partial charge in [-0.2, -0.15) is 0 Å². The first kappa shape index (κ1) is 15.3. The smallest absolute Gasteiger partial charge is 0.0331 e. The molecule has 0 heterocycles. The second-order valence-electron chi connectivity index (χ2n) is 7.74. The number of nitrogens with zero attached hydrogens (tertiary/aromatic N) is 1. The van der Waals surface area contributed by atoms with Gasteiger partial charge in [0.15, 0.2) is 0 Å². The molecule has 2 heteroatoms. The first-order valence-electron chi connectivity index (χ1n) is 8.38. The third-order valence-electron chi connectivity index (χ3n) is 6.68. The van der Waals surface area contributed by atoms with Crippen molar-refractivity contribution in [1.82, 2.24) is 4.90 Å². The molecule has 2 aliphatic rings. The predicted molar refractivity (Wildman–Crippen MR) is 83.2 cm³/mol. The molecule has 0 aromatic heterocycles. The van der Waals surface area contributed by atoms with Crippen molar-refractivity contribution in [3.05, 3.63) is 0 Å². The molecule has 2 aliphatic carbocycles. The summed E-state index contributed by atoms with van der Waals surface area (Å²) in [5.74, 6) is 0.895. The standard InChI is InChI=1S/C17H34N2/c1-5-16(2,3)14-9-11-17(13-18,12-10-14)19(4)15-7-6-8-15/h14-15H,5-13,18H2,1-4H3. The van der Waals surface area contributed by atoms with Crippen LogP contribution in [0, 0.1) is 11.3 Å². The van der Waals surface area contributed by atoms with Crippen LogP contribution in [0.5, 0.6) is 0 Å². The van der Waals surface area contributed by atoms with Gasteiger partial charge in [0.25, 0.3) is 0 Å². The van der Waals surface area contributed by atoms with Crippen molar-refractivity contribution in [2.45, 2.75) is 83.7 Å². The minimum absolute atomic E-state index is 0.311. The summed E-state index contributed by atoms with van der Waals surface area (Å²) >= 11 is 0. The minimum Gasteiger partial charge on any atom is -0.329 e. The van der Waals surface area contributed by atoms with E-state index in [4.69, 9.17) is 5.73 Å². The lowest BCUT2D eigenvalue weighted by atomic mass is 9.64. The van der Waals surface area contributed by atoms with Gasteiger partial charge in [-0.25, -0.2) is 0 Å². The molecule has 19 heavy (non-hydrogen) atoms. The van der Waals surface area contributed by atoms with Gasteiger partial charge in [0.2, 0.25) is 0 Å². The molecule has 0 saturated heterocycles. The summed E-state index contributed by atoms with van der Waals surface area (Å²) in [7, 11) is 2.34. The van der Waals surface area contributed by atoms with Gasteiger partial charge in [-0.05, 0) is 56.9 Å². The first-order valence-corrected chi connectivity index (χ1v) is 8.38. The van der Waals surface area contributed by atoms with Crippen molar-refractivity contribution in [2.75, 3.05) is 13.6 Å². The van der Waals surface area contributed by atoms with Crippen LogP contribution in [0.25, 0.3) is 0 Å². The highest BCUT2D eigenvalue weighted by atomic mass is 15.2. The van der Waals surface area contributed by atoms with Gasteiger partial charge in [0.05, 0.1) is 0 Å². The molecule has 0 radical (unpaired) electrons. The Morgan fingerprint density at radius 2 is 1.74 bits per heavy atom. The molecule has 0 bridgehead atoms. The van der Waals surface area contributed by atoms with E-state index in [-0.39, 0.29) is 0 Å². The maximum absolute atomic E-state index is 6.20. The Kier molecular flexibility index (Phi) is 4.62. The molecule has 0 aromatic rings. The zero-order valence-corrected chi connectivity index (χ0v) is 13.5. The molecule has 2 rings (SSSR count). The summed E-state index contributed by atoms with van der Waals surface area (Å²) < 4.78 is 0. The average Bonchev–Trinajstić information content (AvgIpc) is 2.36. The SMILES string of the molecule is CCC(C)(C)C1CCC(CN)(N(C)C2CCC2)CC1. The highest BCUT2D eigenvalue weighted by molar-refractivity contribution is 5.00. The van der Waals surface area contributed by atoms with E-state index >= 15 is 0 Å². The Labute approximate surface area is 120 Å². The molecule has 0 amide bonds. The van der Waals surface area contributed by atoms with Crippen LogP contribution in [0.15, 0.2) is 0 Å². The quantitative estimate of drug-likeness (QED) is 0.820. The number of likely N-dealkylation sites (N-methyl/N-ethyl adjacent to an activating group) is 1. The van der Waals surface area contributed by atoms with Gasteiger partial charge in [-0.15, -0.1) is 0 Å². The van der Waals surface area contributed by atoms with Gasteiger partial charge in [-0.3, -0.25) is 4.90 Å². The minimum atomic E-state index is 0.311. The lowest BCUT2D eigenvalue weighted by Gasteiger charge is -2.53. The molecular weight excluding hydrogens is 232 g/mol. The number of hydrogen-bond donors (Lipinski definition) is 1. The molecular formula is C17H34N2. The van der Waals surface area contributed by atoms with Crippen LogP contribution in [0.2, 0.25) is 0 Å². The van der Waals surface area contributed by atoms with Gasteiger partial charge >= 0.3 is 0 Å². The van der Waals surface area contributed by atoms with Gasteiger partial charge < -0.3 is 5.73 Å². The fourth-order valence-corrected chi connectivity index (χ4v) is 4.09. The molecule has 112 valence electrons. The summed E-state index contributed by atoms with van der Waals surface area (Å²) in [4.78, 5) is 2.66. The second-order valence-corrected chi connectivity index (χ2v) is 7.74. The normalized spacial score (nSPS) is 33.5. The molecule has 2 N–H and O–H groups in total. The second kappa shape index (κ2) is 5.73. The Balaban J connectivity index is 1.98. The van der Waals surface area contributed by atoms with Crippen molar-refractivity contribution in [3.8, 4) is 0 Å². The van der Waals surface area contributed by atoms with E-state index in [2.05, 4.69) is 32.7 Å². The molecule has 0 unspecified atom stereocenters. The Bertz CT molecular complexity index is 286. The Hall–Kier alpha value is -0.0800. The van der Waals surface area contributed by atoms with Crippen LogP contribution in [-0.2, 0) is 0 Å². The van der Waals surface area contributed by atoms with E-state index in [1.165, 1.54) is 51.4 Å². The van der Waals surface area contributed by atoms with Crippen LogP contribution in [0.4, 0.5) is 0 Å². The summed E-state index contributed by atoms with van der Waals surface area (Å²) in [5.41, 5.74) is 7.02. The first-order chi connectivity index (χ1) is 8.95. The molecule has 2 nitrogen and oxygen atoms in total. The van der Waals surface area contributed by atoms with E-state index in [1.54, 1.807) is 0 Å². The fourth-order valence-electron chi connectivity index (χ4n) is 4.09. The van der Waals surface area contributed by atoms with E-state index in [1.807, 2.05) is 0 Å². The molecule has 0 spiro atoms. The summed E-state index contributed by atoms with van der Waals surface area (Å²) in [6, 6.07) is 0.819.